The molecule has 2 aromatic rings. The molecule has 2 rings (SSSR count). The summed E-state index contributed by atoms with van der Waals surface area (Å²) in [5.74, 6) is -1.43. The molecule has 6 heteroatoms. The van der Waals surface area contributed by atoms with Crippen LogP contribution in [0, 0.1) is 12.7 Å². The van der Waals surface area contributed by atoms with E-state index in [-0.39, 0.29) is 18.2 Å². The maximum absolute atomic E-state index is 13.4. The number of rotatable bonds is 6. The number of carbonyl (C=O) groups is 2. The number of halogens is 1. The predicted molar refractivity (Wildman–Crippen MR) is 87.9 cm³/mol. The summed E-state index contributed by atoms with van der Waals surface area (Å²) in [7, 11) is 0. The molecule has 2 aromatic carbocycles. The van der Waals surface area contributed by atoms with Gasteiger partial charge < -0.3 is 10.1 Å². The van der Waals surface area contributed by atoms with E-state index in [1.54, 1.807) is 24.3 Å². The number of nitrogens with one attached hydrogen (secondary N) is 1. The van der Waals surface area contributed by atoms with Gasteiger partial charge in [0.15, 0.2) is 6.61 Å². The molecule has 0 aliphatic rings. The number of hydrogen-bond donors (Lipinski definition) is 1. The van der Waals surface area contributed by atoms with Gasteiger partial charge in [0.2, 0.25) is 0 Å². The van der Waals surface area contributed by atoms with E-state index in [1.165, 1.54) is 6.07 Å². The highest BCUT2D eigenvalue weighted by atomic mass is 32.2. The molecule has 0 unspecified atom stereocenters. The minimum atomic E-state index is -0.572. The third-order valence-electron chi connectivity index (χ3n) is 2.85. The van der Waals surface area contributed by atoms with E-state index in [9.17, 15) is 14.0 Å². The lowest BCUT2D eigenvalue weighted by molar-refractivity contribution is -0.144. The van der Waals surface area contributed by atoms with Gasteiger partial charge in [0.1, 0.15) is 5.82 Å². The molecule has 0 spiro atoms. The van der Waals surface area contributed by atoms with Gasteiger partial charge in [-0.3, -0.25) is 9.59 Å². The molecule has 0 bridgehead atoms. The first kappa shape index (κ1) is 17.0. The Labute approximate surface area is 138 Å². The molecule has 1 N–H and O–H groups in total. The lowest BCUT2D eigenvalue weighted by Crippen LogP contribution is -2.21. The number of amides is 1. The highest BCUT2D eigenvalue weighted by molar-refractivity contribution is 8.00. The molecule has 0 saturated heterocycles. The molecule has 0 saturated carbocycles. The predicted octanol–water partition coefficient (Wildman–Crippen LogP) is 3.41. The van der Waals surface area contributed by atoms with Gasteiger partial charge in [0, 0.05) is 10.6 Å². The number of thioether (sulfide) groups is 1. The van der Waals surface area contributed by atoms with Crippen LogP contribution in [0.5, 0.6) is 0 Å². The van der Waals surface area contributed by atoms with Crippen LogP contribution in [0.25, 0.3) is 0 Å². The van der Waals surface area contributed by atoms with Gasteiger partial charge >= 0.3 is 5.97 Å². The van der Waals surface area contributed by atoms with E-state index in [1.807, 2.05) is 25.1 Å². The van der Waals surface area contributed by atoms with E-state index in [0.29, 0.717) is 10.6 Å². The Balaban J connectivity index is 1.74. The van der Waals surface area contributed by atoms with Gasteiger partial charge in [-0.1, -0.05) is 24.3 Å². The molecule has 23 heavy (non-hydrogen) atoms. The van der Waals surface area contributed by atoms with Crippen molar-refractivity contribution in [3.63, 3.8) is 0 Å². The average Bonchev–Trinajstić information content (AvgIpc) is 2.52. The maximum Gasteiger partial charge on any atom is 0.316 e. The van der Waals surface area contributed by atoms with E-state index in [4.69, 9.17) is 4.74 Å². The fourth-order valence-electron chi connectivity index (χ4n) is 1.81. The Morgan fingerprint density at radius 1 is 1.17 bits per heavy atom. The number of esters is 1. The molecular formula is C17H16FNO3S. The quantitative estimate of drug-likeness (QED) is 0.650. The van der Waals surface area contributed by atoms with Gasteiger partial charge in [-0.25, -0.2) is 4.39 Å². The van der Waals surface area contributed by atoms with Crippen LogP contribution in [0.1, 0.15) is 5.56 Å². The summed E-state index contributed by atoms with van der Waals surface area (Å²) in [6.07, 6.45) is 0. The average molecular weight is 333 g/mol. The summed E-state index contributed by atoms with van der Waals surface area (Å²) >= 11 is 1.03. The number of aryl methyl sites for hydroxylation is 1. The summed E-state index contributed by atoms with van der Waals surface area (Å²) in [6.45, 7) is 1.54. The van der Waals surface area contributed by atoms with Gasteiger partial charge in [0.05, 0.1) is 5.75 Å². The van der Waals surface area contributed by atoms with Crippen molar-refractivity contribution in [1.29, 1.82) is 0 Å². The Morgan fingerprint density at radius 3 is 2.70 bits per heavy atom. The summed E-state index contributed by atoms with van der Waals surface area (Å²) in [4.78, 5) is 23.7. The van der Waals surface area contributed by atoms with Crippen LogP contribution in [0.2, 0.25) is 0 Å². The molecular weight excluding hydrogens is 317 g/mol. The smallest absolute Gasteiger partial charge is 0.316 e. The molecule has 0 aromatic heterocycles. The molecule has 0 fully saturated rings. The van der Waals surface area contributed by atoms with Crippen molar-refractivity contribution < 1.29 is 18.7 Å². The molecule has 0 radical (unpaired) electrons. The topological polar surface area (TPSA) is 55.4 Å². The monoisotopic (exact) mass is 333 g/mol. The highest BCUT2D eigenvalue weighted by Crippen LogP contribution is 2.21. The highest BCUT2D eigenvalue weighted by Gasteiger charge is 2.10. The Bertz CT molecular complexity index is 706. The van der Waals surface area contributed by atoms with Crippen molar-refractivity contribution in [2.45, 2.75) is 11.8 Å². The van der Waals surface area contributed by atoms with Crippen molar-refractivity contribution in [3.8, 4) is 0 Å². The summed E-state index contributed by atoms with van der Waals surface area (Å²) in [5.41, 5.74) is 1.66. The Hall–Kier alpha value is -2.34. The fourth-order valence-corrected chi connectivity index (χ4v) is 2.54. The number of carbonyl (C=O) groups excluding carboxylic acids is 2. The van der Waals surface area contributed by atoms with Gasteiger partial charge in [-0.05, 0) is 36.8 Å². The molecule has 4 nitrogen and oxygen atoms in total. The largest absolute Gasteiger partial charge is 0.455 e. The standard InChI is InChI=1S/C17H16FNO3S/c1-12-5-4-6-13(9-12)19-16(20)10-22-17(21)11-23-15-8-3-2-7-14(15)18/h2-9H,10-11H2,1H3,(H,19,20). The minimum Gasteiger partial charge on any atom is -0.455 e. The Kier molecular flexibility index (Phi) is 6.17. The zero-order valence-corrected chi connectivity index (χ0v) is 13.4. The first-order chi connectivity index (χ1) is 11.0. The van der Waals surface area contributed by atoms with Gasteiger partial charge in [0.25, 0.3) is 5.91 Å². The maximum atomic E-state index is 13.4. The van der Waals surface area contributed by atoms with Crippen LogP contribution >= 0.6 is 11.8 Å². The Morgan fingerprint density at radius 2 is 1.96 bits per heavy atom. The lowest BCUT2D eigenvalue weighted by atomic mass is 10.2. The SMILES string of the molecule is Cc1cccc(NC(=O)COC(=O)CSc2ccccc2F)c1. The van der Waals surface area contributed by atoms with Crippen LogP contribution in [0.15, 0.2) is 53.4 Å². The van der Waals surface area contributed by atoms with Crippen LogP contribution in [-0.2, 0) is 14.3 Å². The van der Waals surface area contributed by atoms with Gasteiger partial charge in [-0.15, -0.1) is 11.8 Å². The number of benzene rings is 2. The van der Waals surface area contributed by atoms with E-state index in [2.05, 4.69) is 5.32 Å². The summed E-state index contributed by atoms with van der Waals surface area (Å²) in [6, 6.07) is 13.5. The minimum absolute atomic E-state index is 0.0569. The zero-order valence-electron chi connectivity index (χ0n) is 12.5. The van der Waals surface area contributed by atoms with Crippen LogP contribution in [0.4, 0.5) is 10.1 Å². The third kappa shape index (κ3) is 5.75. The van der Waals surface area contributed by atoms with Crippen molar-refractivity contribution in [1.82, 2.24) is 0 Å². The van der Waals surface area contributed by atoms with Crippen molar-refractivity contribution in [2.75, 3.05) is 17.7 Å². The van der Waals surface area contributed by atoms with E-state index < -0.39 is 11.9 Å². The van der Waals surface area contributed by atoms with E-state index >= 15 is 0 Å². The molecule has 1 amide bonds. The second kappa shape index (κ2) is 8.33. The van der Waals surface area contributed by atoms with Gasteiger partial charge in [-0.2, -0.15) is 0 Å². The van der Waals surface area contributed by atoms with Crippen LogP contribution in [0.3, 0.4) is 0 Å². The van der Waals surface area contributed by atoms with Crippen molar-refractivity contribution >= 4 is 29.3 Å². The second-order valence-corrected chi connectivity index (χ2v) is 5.81. The molecule has 0 aliphatic heterocycles. The molecule has 0 aliphatic carbocycles. The second-order valence-electron chi connectivity index (χ2n) is 4.80. The molecule has 0 heterocycles. The number of ether oxygens (including phenoxy) is 1. The van der Waals surface area contributed by atoms with Crippen molar-refractivity contribution in [3.05, 3.63) is 59.9 Å². The molecule has 120 valence electrons. The van der Waals surface area contributed by atoms with E-state index in [0.717, 1.165) is 17.3 Å². The summed E-state index contributed by atoms with van der Waals surface area (Å²) in [5, 5.41) is 2.64. The zero-order chi connectivity index (χ0) is 16.7. The van der Waals surface area contributed by atoms with Crippen LogP contribution in [-0.4, -0.2) is 24.2 Å². The first-order valence-corrected chi connectivity index (χ1v) is 7.92. The molecule has 0 atom stereocenters. The normalized spacial score (nSPS) is 10.2. The number of hydrogen-bond acceptors (Lipinski definition) is 4. The van der Waals surface area contributed by atoms with Crippen LogP contribution < -0.4 is 5.32 Å². The van der Waals surface area contributed by atoms with Crippen molar-refractivity contribution in [2.24, 2.45) is 0 Å². The lowest BCUT2D eigenvalue weighted by Gasteiger charge is -2.07. The summed E-state index contributed by atoms with van der Waals surface area (Å²) < 4.78 is 18.3. The number of anilines is 1. The first-order valence-electron chi connectivity index (χ1n) is 6.94. The third-order valence-corrected chi connectivity index (χ3v) is 3.87. The fraction of sp³-hybridized carbons (Fsp3) is 0.176.